The molecule has 4 heteroatoms. The summed E-state index contributed by atoms with van der Waals surface area (Å²) in [7, 11) is 3.26. The zero-order valence-electron chi connectivity index (χ0n) is 14.1. The van der Waals surface area contributed by atoms with Crippen LogP contribution >= 0.6 is 0 Å². The number of ether oxygens (including phenoxy) is 3. The topological polar surface area (TPSA) is 53.7 Å². The Kier molecular flexibility index (Phi) is 5.52. The Morgan fingerprint density at radius 2 is 1.74 bits per heavy atom. The molecule has 0 bridgehead atoms. The molecule has 0 unspecified atom stereocenters. The van der Waals surface area contributed by atoms with E-state index >= 15 is 0 Å². The first kappa shape index (κ1) is 16.7. The SMILES string of the molecule is C/C=C(/c1cc(OC)cc(OCC)c1)c1ccc(OC)c(N)c1. The lowest BCUT2D eigenvalue weighted by atomic mass is 9.96. The van der Waals surface area contributed by atoms with Crippen LogP contribution in [0.5, 0.6) is 17.2 Å². The van der Waals surface area contributed by atoms with E-state index in [2.05, 4.69) is 0 Å². The number of methoxy groups -OCH3 is 2. The first-order valence-electron chi connectivity index (χ1n) is 7.55. The summed E-state index contributed by atoms with van der Waals surface area (Å²) >= 11 is 0. The van der Waals surface area contributed by atoms with E-state index in [0.717, 1.165) is 28.2 Å². The van der Waals surface area contributed by atoms with E-state index in [1.54, 1.807) is 14.2 Å². The van der Waals surface area contributed by atoms with Crippen molar-refractivity contribution in [1.29, 1.82) is 0 Å². The van der Waals surface area contributed by atoms with Crippen LogP contribution in [0.25, 0.3) is 5.57 Å². The van der Waals surface area contributed by atoms with Crippen molar-refractivity contribution in [1.82, 2.24) is 0 Å². The van der Waals surface area contributed by atoms with Crippen molar-refractivity contribution in [2.45, 2.75) is 13.8 Å². The van der Waals surface area contributed by atoms with Crippen molar-refractivity contribution < 1.29 is 14.2 Å². The lowest BCUT2D eigenvalue weighted by Crippen LogP contribution is -1.97. The van der Waals surface area contributed by atoms with Gasteiger partial charge in [0.15, 0.2) is 0 Å². The summed E-state index contributed by atoms with van der Waals surface area (Å²) in [6.45, 7) is 4.56. The highest BCUT2D eigenvalue weighted by molar-refractivity contribution is 5.82. The van der Waals surface area contributed by atoms with Crippen LogP contribution in [0.15, 0.2) is 42.5 Å². The highest BCUT2D eigenvalue weighted by atomic mass is 16.5. The fourth-order valence-electron chi connectivity index (χ4n) is 2.50. The molecule has 2 rings (SSSR count). The molecular formula is C19H23NO3. The summed E-state index contributed by atoms with van der Waals surface area (Å²) in [6, 6.07) is 11.6. The first-order chi connectivity index (χ1) is 11.1. The van der Waals surface area contributed by atoms with Crippen LogP contribution in [-0.2, 0) is 0 Å². The number of benzene rings is 2. The number of rotatable bonds is 6. The Morgan fingerprint density at radius 1 is 1.00 bits per heavy atom. The van der Waals surface area contributed by atoms with Crippen LogP contribution < -0.4 is 19.9 Å². The van der Waals surface area contributed by atoms with Crippen LogP contribution in [0.2, 0.25) is 0 Å². The maximum Gasteiger partial charge on any atom is 0.141 e. The van der Waals surface area contributed by atoms with Gasteiger partial charge >= 0.3 is 0 Å². The average Bonchev–Trinajstić information content (AvgIpc) is 2.56. The molecule has 0 radical (unpaired) electrons. The number of hydrogen-bond donors (Lipinski definition) is 1. The van der Waals surface area contributed by atoms with Crippen LogP contribution in [-0.4, -0.2) is 20.8 Å². The molecule has 2 N–H and O–H groups in total. The normalized spacial score (nSPS) is 11.2. The van der Waals surface area contributed by atoms with Gasteiger partial charge in [-0.1, -0.05) is 12.1 Å². The van der Waals surface area contributed by atoms with E-state index in [0.29, 0.717) is 18.0 Å². The third-order valence-corrected chi connectivity index (χ3v) is 3.57. The van der Waals surface area contributed by atoms with Crippen molar-refractivity contribution in [2.75, 3.05) is 26.6 Å². The summed E-state index contributed by atoms with van der Waals surface area (Å²) in [6.07, 6.45) is 2.05. The number of hydrogen-bond acceptors (Lipinski definition) is 4. The zero-order chi connectivity index (χ0) is 16.8. The van der Waals surface area contributed by atoms with Gasteiger partial charge in [-0.25, -0.2) is 0 Å². The lowest BCUT2D eigenvalue weighted by Gasteiger charge is -2.14. The molecule has 0 atom stereocenters. The first-order valence-corrected chi connectivity index (χ1v) is 7.55. The summed E-state index contributed by atoms with van der Waals surface area (Å²) in [5, 5.41) is 0. The molecule has 122 valence electrons. The highest BCUT2D eigenvalue weighted by Crippen LogP contribution is 2.33. The summed E-state index contributed by atoms with van der Waals surface area (Å²) in [5.41, 5.74) is 9.73. The second-order valence-electron chi connectivity index (χ2n) is 4.99. The molecule has 0 fully saturated rings. The Morgan fingerprint density at radius 3 is 2.30 bits per heavy atom. The summed E-state index contributed by atoms with van der Waals surface area (Å²) in [5.74, 6) is 2.21. The standard InChI is InChI=1S/C19H23NO3/c1-5-17(13-7-8-19(22-4)18(20)11-13)14-9-15(21-3)12-16(10-14)23-6-2/h5,7-12H,6,20H2,1-4H3/b17-5+. The van der Waals surface area contributed by atoms with Gasteiger partial charge in [0, 0.05) is 6.07 Å². The van der Waals surface area contributed by atoms with Gasteiger partial charge in [0.2, 0.25) is 0 Å². The molecule has 0 saturated heterocycles. The molecular weight excluding hydrogens is 290 g/mol. The lowest BCUT2D eigenvalue weighted by molar-refractivity contribution is 0.336. The smallest absolute Gasteiger partial charge is 0.141 e. The molecule has 2 aromatic rings. The van der Waals surface area contributed by atoms with Gasteiger partial charge in [0.1, 0.15) is 17.2 Å². The monoisotopic (exact) mass is 313 g/mol. The maximum atomic E-state index is 6.03. The van der Waals surface area contributed by atoms with Crippen LogP contribution in [0, 0.1) is 0 Å². The Bertz CT molecular complexity index is 708. The molecule has 0 amide bonds. The van der Waals surface area contributed by atoms with E-state index in [1.165, 1.54) is 0 Å². The molecule has 2 aromatic carbocycles. The van der Waals surface area contributed by atoms with E-state index in [4.69, 9.17) is 19.9 Å². The molecule has 0 aliphatic heterocycles. The third kappa shape index (κ3) is 3.77. The van der Waals surface area contributed by atoms with Gasteiger partial charge in [-0.15, -0.1) is 0 Å². The molecule has 0 aliphatic carbocycles. The maximum absolute atomic E-state index is 6.03. The summed E-state index contributed by atoms with van der Waals surface area (Å²) < 4.78 is 16.2. The molecule has 23 heavy (non-hydrogen) atoms. The van der Waals surface area contributed by atoms with Crippen molar-refractivity contribution in [2.24, 2.45) is 0 Å². The molecule has 0 aliphatic rings. The zero-order valence-corrected chi connectivity index (χ0v) is 14.1. The number of nitrogens with two attached hydrogens (primary N) is 1. The van der Waals surface area contributed by atoms with Gasteiger partial charge in [-0.2, -0.15) is 0 Å². The van der Waals surface area contributed by atoms with Gasteiger partial charge in [0.05, 0.1) is 26.5 Å². The Balaban J connectivity index is 2.49. The molecule has 0 aromatic heterocycles. The van der Waals surface area contributed by atoms with Gasteiger partial charge in [-0.05, 0) is 54.8 Å². The minimum Gasteiger partial charge on any atom is -0.497 e. The van der Waals surface area contributed by atoms with Crippen molar-refractivity contribution >= 4 is 11.3 Å². The van der Waals surface area contributed by atoms with Crippen LogP contribution in [0.4, 0.5) is 5.69 Å². The van der Waals surface area contributed by atoms with Crippen molar-refractivity contribution in [3.05, 3.63) is 53.6 Å². The largest absolute Gasteiger partial charge is 0.497 e. The van der Waals surface area contributed by atoms with Crippen molar-refractivity contribution in [3.63, 3.8) is 0 Å². The van der Waals surface area contributed by atoms with Crippen molar-refractivity contribution in [3.8, 4) is 17.2 Å². The van der Waals surface area contributed by atoms with Gasteiger partial charge in [-0.3, -0.25) is 0 Å². The number of anilines is 1. The Hall–Kier alpha value is -2.62. The minimum absolute atomic E-state index is 0.604. The fourth-order valence-corrected chi connectivity index (χ4v) is 2.50. The third-order valence-electron chi connectivity index (χ3n) is 3.57. The van der Waals surface area contributed by atoms with Gasteiger partial charge < -0.3 is 19.9 Å². The van der Waals surface area contributed by atoms with Crippen LogP contribution in [0.1, 0.15) is 25.0 Å². The van der Waals surface area contributed by atoms with E-state index in [-0.39, 0.29) is 0 Å². The molecule has 0 heterocycles. The second-order valence-corrected chi connectivity index (χ2v) is 4.99. The van der Waals surface area contributed by atoms with Crippen LogP contribution in [0.3, 0.4) is 0 Å². The number of nitrogen functional groups attached to an aromatic ring is 1. The second kappa shape index (κ2) is 7.58. The van der Waals surface area contributed by atoms with E-state index in [1.807, 2.05) is 56.3 Å². The Labute approximate surface area is 137 Å². The highest BCUT2D eigenvalue weighted by Gasteiger charge is 2.10. The average molecular weight is 313 g/mol. The van der Waals surface area contributed by atoms with E-state index in [9.17, 15) is 0 Å². The fraction of sp³-hybridized carbons (Fsp3) is 0.263. The van der Waals surface area contributed by atoms with Gasteiger partial charge in [0.25, 0.3) is 0 Å². The molecule has 0 saturated carbocycles. The minimum atomic E-state index is 0.604. The summed E-state index contributed by atoms with van der Waals surface area (Å²) in [4.78, 5) is 0. The predicted octanol–water partition coefficient (Wildman–Crippen LogP) is 4.14. The number of allylic oxidation sites excluding steroid dienone is 1. The molecule has 4 nitrogen and oxygen atoms in total. The molecule has 0 spiro atoms. The predicted molar refractivity (Wildman–Crippen MR) is 94.3 cm³/mol. The quantitative estimate of drug-likeness (QED) is 0.815. The van der Waals surface area contributed by atoms with E-state index < -0.39 is 0 Å².